The number of nitrogens with zero attached hydrogens (tertiary/aromatic N) is 4. The summed E-state index contributed by atoms with van der Waals surface area (Å²) < 4.78 is 1.83. The molecular formula is C12H17N5. The Morgan fingerprint density at radius 1 is 1.53 bits per heavy atom. The van der Waals surface area contributed by atoms with Crippen LogP contribution in [0.5, 0.6) is 0 Å². The SMILES string of the molecule is Cc1ccn2nc(N3CCC(CN)C3)nc2c1. The highest BCUT2D eigenvalue weighted by Crippen LogP contribution is 2.20. The van der Waals surface area contributed by atoms with Gasteiger partial charge in [0.05, 0.1) is 0 Å². The molecule has 5 nitrogen and oxygen atoms in total. The third kappa shape index (κ3) is 1.86. The maximum Gasteiger partial charge on any atom is 0.245 e. The third-order valence-corrected chi connectivity index (χ3v) is 3.38. The van der Waals surface area contributed by atoms with E-state index < -0.39 is 0 Å². The van der Waals surface area contributed by atoms with Gasteiger partial charge in [0.1, 0.15) is 0 Å². The summed E-state index contributed by atoms with van der Waals surface area (Å²) in [5.41, 5.74) is 7.82. The molecular weight excluding hydrogens is 214 g/mol. The van der Waals surface area contributed by atoms with Crippen molar-refractivity contribution in [3.05, 3.63) is 23.9 Å². The first kappa shape index (κ1) is 10.5. The first-order valence-electron chi connectivity index (χ1n) is 6.04. The van der Waals surface area contributed by atoms with E-state index in [9.17, 15) is 0 Å². The zero-order valence-electron chi connectivity index (χ0n) is 10.0. The number of hydrogen-bond donors (Lipinski definition) is 1. The lowest BCUT2D eigenvalue weighted by molar-refractivity contribution is 0.602. The summed E-state index contributed by atoms with van der Waals surface area (Å²) in [5, 5.41) is 4.50. The summed E-state index contributed by atoms with van der Waals surface area (Å²) in [6.45, 7) is 4.81. The fourth-order valence-corrected chi connectivity index (χ4v) is 2.31. The summed E-state index contributed by atoms with van der Waals surface area (Å²) in [5.74, 6) is 1.41. The molecule has 2 N–H and O–H groups in total. The highest BCUT2D eigenvalue weighted by molar-refractivity contribution is 5.46. The molecule has 0 saturated carbocycles. The molecule has 1 atom stereocenters. The summed E-state index contributed by atoms with van der Waals surface area (Å²) in [7, 11) is 0. The van der Waals surface area contributed by atoms with Crippen molar-refractivity contribution in [3.63, 3.8) is 0 Å². The van der Waals surface area contributed by atoms with Crippen LogP contribution in [-0.4, -0.2) is 34.2 Å². The Morgan fingerprint density at radius 2 is 2.41 bits per heavy atom. The molecule has 1 aliphatic rings. The van der Waals surface area contributed by atoms with Gasteiger partial charge in [0.25, 0.3) is 0 Å². The highest BCUT2D eigenvalue weighted by atomic mass is 15.4. The topological polar surface area (TPSA) is 59.5 Å². The van der Waals surface area contributed by atoms with Crippen molar-refractivity contribution in [2.45, 2.75) is 13.3 Å². The van der Waals surface area contributed by atoms with Crippen LogP contribution in [0.15, 0.2) is 18.3 Å². The molecule has 2 aromatic rings. The number of hydrogen-bond acceptors (Lipinski definition) is 4. The van der Waals surface area contributed by atoms with Gasteiger partial charge in [-0.2, -0.15) is 4.98 Å². The van der Waals surface area contributed by atoms with E-state index in [1.807, 2.05) is 22.8 Å². The Bertz CT molecular complexity index is 533. The number of aryl methyl sites for hydroxylation is 1. The molecule has 1 fully saturated rings. The van der Waals surface area contributed by atoms with Crippen molar-refractivity contribution in [1.29, 1.82) is 0 Å². The number of fused-ring (bicyclic) bond motifs is 1. The van der Waals surface area contributed by atoms with Gasteiger partial charge >= 0.3 is 0 Å². The van der Waals surface area contributed by atoms with Crippen molar-refractivity contribution in [2.75, 3.05) is 24.5 Å². The Hall–Kier alpha value is -1.62. The molecule has 3 heterocycles. The van der Waals surface area contributed by atoms with Crippen LogP contribution in [0.2, 0.25) is 0 Å². The van der Waals surface area contributed by atoms with Crippen LogP contribution in [0.4, 0.5) is 5.95 Å². The van der Waals surface area contributed by atoms with Gasteiger partial charge in [-0.05, 0) is 43.5 Å². The maximum atomic E-state index is 5.70. The monoisotopic (exact) mass is 231 g/mol. The van der Waals surface area contributed by atoms with E-state index in [2.05, 4.69) is 21.9 Å². The van der Waals surface area contributed by atoms with Crippen LogP contribution in [-0.2, 0) is 0 Å². The lowest BCUT2D eigenvalue weighted by Crippen LogP contribution is -2.23. The second-order valence-corrected chi connectivity index (χ2v) is 4.76. The Kier molecular flexibility index (Phi) is 2.48. The van der Waals surface area contributed by atoms with Gasteiger partial charge < -0.3 is 10.6 Å². The van der Waals surface area contributed by atoms with Gasteiger partial charge in [-0.25, -0.2) is 4.52 Å². The third-order valence-electron chi connectivity index (χ3n) is 3.38. The molecule has 0 bridgehead atoms. The molecule has 0 amide bonds. The van der Waals surface area contributed by atoms with Crippen LogP contribution >= 0.6 is 0 Å². The minimum absolute atomic E-state index is 0.586. The second kappa shape index (κ2) is 4.00. The van der Waals surface area contributed by atoms with Gasteiger partial charge in [-0.1, -0.05) is 0 Å². The molecule has 1 aliphatic heterocycles. The zero-order chi connectivity index (χ0) is 11.8. The number of aromatic nitrogens is 3. The maximum absolute atomic E-state index is 5.70. The number of anilines is 1. The van der Waals surface area contributed by atoms with E-state index in [1.54, 1.807) is 0 Å². The lowest BCUT2D eigenvalue weighted by Gasteiger charge is -2.12. The minimum atomic E-state index is 0.586. The molecule has 0 aliphatic carbocycles. The van der Waals surface area contributed by atoms with E-state index >= 15 is 0 Å². The van der Waals surface area contributed by atoms with Crippen LogP contribution in [0.1, 0.15) is 12.0 Å². The van der Waals surface area contributed by atoms with Gasteiger partial charge in [-0.3, -0.25) is 0 Å². The zero-order valence-corrected chi connectivity index (χ0v) is 10.0. The van der Waals surface area contributed by atoms with Crippen LogP contribution in [0.3, 0.4) is 0 Å². The largest absolute Gasteiger partial charge is 0.339 e. The predicted octanol–water partition coefficient (Wildman–Crippen LogP) is 0.823. The molecule has 1 unspecified atom stereocenters. The molecule has 1 saturated heterocycles. The van der Waals surface area contributed by atoms with Crippen molar-refractivity contribution in [1.82, 2.24) is 14.6 Å². The molecule has 2 aromatic heterocycles. The highest BCUT2D eigenvalue weighted by Gasteiger charge is 2.24. The number of pyridine rings is 1. The summed E-state index contributed by atoms with van der Waals surface area (Å²) in [4.78, 5) is 6.78. The molecule has 0 aromatic carbocycles. The van der Waals surface area contributed by atoms with Crippen molar-refractivity contribution >= 4 is 11.6 Å². The molecule has 3 rings (SSSR count). The summed E-state index contributed by atoms with van der Waals surface area (Å²) in [6, 6.07) is 4.09. The predicted molar refractivity (Wildman–Crippen MR) is 67.1 cm³/mol. The van der Waals surface area contributed by atoms with Crippen LogP contribution in [0.25, 0.3) is 5.65 Å². The molecule has 0 radical (unpaired) electrons. The van der Waals surface area contributed by atoms with E-state index in [1.165, 1.54) is 5.56 Å². The summed E-state index contributed by atoms with van der Waals surface area (Å²) >= 11 is 0. The standard InChI is InChI=1S/C12H17N5/c1-9-2-5-17-11(6-9)14-12(15-17)16-4-3-10(7-13)8-16/h2,5-6,10H,3-4,7-8,13H2,1H3. The van der Waals surface area contributed by atoms with E-state index in [0.717, 1.165) is 37.7 Å². The van der Waals surface area contributed by atoms with Gasteiger partial charge in [0.2, 0.25) is 5.95 Å². The van der Waals surface area contributed by atoms with Gasteiger partial charge in [0.15, 0.2) is 5.65 Å². The quantitative estimate of drug-likeness (QED) is 0.831. The smallest absolute Gasteiger partial charge is 0.245 e. The molecule has 5 heteroatoms. The van der Waals surface area contributed by atoms with Crippen LogP contribution < -0.4 is 10.6 Å². The molecule has 17 heavy (non-hydrogen) atoms. The minimum Gasteiger partial charge on any atom is -0.339 e. The van der Waals surface area contributed by atoms with Crippen molar-refractivity contribution in [2.24, 2.45) is 11.7 Å². The van der Waals surface area contributed by atoms with Crippen LogP contribution in [0, 0.1) is 12.8 Å². The number of nitrogens with two attached hydrogens (primary N) is 1. The fraction of sp³-hybridized carbons (Fsp3) is 0.500. The van der Waals surface area contributed by atoms with Gasteiger partial charge in [-0.15, -0.1) is 5.10 Å². The van der Waals surface area contributed by atoms with Crippen molar-refractivity contribution in [3.8, 4) is 0 Å². The van der Waals surface area contributed by atoms with E-state index in [0.29, 0.717) is 5.92 Å². The normalized spacial score (nSPS) is 20.4. The molecule has 0 spiro atoms. The second-order valence-electron chi connectivity index (χ2n) is 4.76. The molecule has 90 valence electrons. The first-order valence-corrected chi connectivity index (χ1v) is 6.04. The Morgan fingerprint density at radius 3 is 3.18 bits per heavy atom. The number of rotatable bonds is 2. The first-order chi connectivity index (χ1) is 8.26. The average Bonchev–Trinajstić information content (AvgIpc) is 2.93. The lowest BCUT2D eigenvalue weighted by atomic mass is 10.1. The Balaban J connectivity index is 1.91. The van der Waals surface area contributed by atoms with E-state index in [4.69, 9.17) is 5.73 Å². The summed E-state index contributed by atoms with van der Waals surface area (Å²) in [6.07, 6.45) is 3.10. The van der Waals surface area contributed by atoms with Crippen molar-refractivity contribution < 1.29 is 0 Å². The van der Waals surface area contributed by atoms with E-state index in [-0.39, 0.29) is 0 Å². The Labute approximate surface area is 100 Å². The van der Waals surface area contributed by atoms with Gasteiger partial charge in [0, 0.05) is 19.3 Å². The fourth-order valence-electron chi connectivity index (χ4n) is 2.31. The average molecular weight is 231 g/mol.